The summed E-state index contributed by atoms with van der Waals surface area (Å²) in [5, 5.41) is 6.58. The van der Waals surface area contributed by atoms with Crippen molar-refractivity contribution in [2.45, 2.75) is 6.54 Å². The van der Waals surface area contributed by atoms with Gasteiger partial charge in [0.15, 0.2) is 0 Å². The second-order valence-electron chi connectivity index (χ2n) is 4.05. The SMILES string of the molecule is COc1ccc(NC(=O)Cn2ncc(Br)c(Br)c2=O)cc1. The molecule has 0 saturated carbocycles. The zero-order chi connectivity index (χ0) is 15.4. The van der Waals surface area contributed by atoms with Crippen molar-refractivity contribution in [3.8, 4) is 5.75 Å². The first kappa shape index (κ1) is 15.7. The third kappa shape index (κ3) is 3.92. The van der Waals surface area contributed by atoms with Gasteiger partial charge in [-0.3, -0.25) is 9.59 Å². The first-order chi connectivity index (χ1) is 10.0. The van der Waals surface area contributed by atoms with Gasteiger partial charge in [-0.05, 0) is 56.1 Å². The van der Waals surface area contributed by atoms with Crippen LogP contribution in [0.15, 0.2) is 44.2 Å². The zero-order valence-corrected chi connectivity index (χ0v) is 14.1. The van der Waals surface area contributed by atoms with Crippen molar-refractivity contribution in [1.82, 2.24) is 9.78 Å². The van der Waals surface area contributed by atoms with Crippen LogP contribution >= 0.6 is 31.9 Å². The third-order valence-corrected chi connectivity index (χ3v) is 4.51. The molecule has 0 aliphatic heterocycles. The van der Waals surface area contributed by atoms with Crippen LogP contribution < -0.4 is 15.6 Å². The van der Waals surface area contributed by atoms with Crippen LogP contribution in [0.4, 0.5) is 5.69 Å². The Morgan fingerprint density at radius 2 is 2.00 bits per heavy atom. The summed E-state index contributed by atoms with van der Waals surface area (Å²) in [5.41, 5.74) is 0.235. The van der Waals surface area contributed by atoms with Crippen LogP contribution in [0.1, 0.15) is 0 Å². The van der Waals surface area contributed by atoms with Crippen LogP contribution in [0.5, 0.6) is 5.75 Å². The van der Waals surface area contributed by atoms with Crippen molar-refractivity contribution in [3.63, 3.8) is 0 Å². The minimum absolute atomic E-state index is 0.170. The van der Waals surface area contributed by atoms with Gasteiger partial charge in [0, 0.05) is 5.69 Å². The molecule has 2 rings (SSSR count). The predicted molar refractivity (Wildman–Crippen MR) is 85.5 cm³/mol. The van der Waals surface area contributed by atoms with Crippen LogP contribution in [0.2, 0.25) is 0 Å². The smallest absolute Gasteiger partial charge is 0.282 e. The number of hydrogen-bond donors (Lipinski definition) is 1. The van der Waals surface area contributed by atoms with E-state index in [9.17, 15) is 9.59 Å². The Morgan fingerprint density at radius 1 is 1.33 bits per heavy atom. The lowest BCUT2D eigenvalue weighted by Crippen LogP contribution is -2.30. The molecule has 0 aliphatic rings. The second kappa shape index (κ2) is 6.86. The second-order valence-corrected chi connectivity index (χ2v) is 5.69. The molecule has 1 aromatic carbocycles. The molecule has 1 amide bonds. The van der Waals surface area contributed by atoms with Gasteiger partial charge < -0.3 is 10.1 Å². The highest BCUT2D eigenvalue weighted by molar-refractivity contribution is 9.13. The fourth-order valence-corrected chi connectivity index (χ4v) is 2.14. The molecule has 0 bridgehead atoms. The Labute approximate surface area is 137 Å². The molecular weight excluding hydrogens is 406 g/mol. The monoisotopic (exact) mass is 415 g/mol. The molecule has 1 aromatic heterocycles. The van der Waals surface area contributed by atoms with Gasteiger partial charge in [0.25, 0.3) is 5.56 Å². The van der Waals surface area contributed by atoms with E-state index in [4.69, 9.17) is 4.74 Å². The molecule has 1 N–H and O–H groups in total. The fraction of sp³-hybridized carbons (Fsp3) is 0.154. The molecule has 0 spiro atoms. The summed E-state index contributed by atoms with van der Waals surface area (Å²) >= 11 is 6.32. The summed E-state index contributed by atoms with van der Waals surface area (Å²) in [7, 11) is 1.57. The van der Waals surface area contributed by atoms with E-state index in [0.717, 1.165) is 4.68 Å². The van der Waals surface area contributed by atoms with Crippen molar-refractivity contribution in [2.24, 2.45) is 0 Å². The number of methoxy groups -OCH3 is 1. The number of rotatable bonds is 4. The lowest BCUT2D eigenvalue weighted by molar-refractivity contribution is -0.117. The molecule has 1 heterocycles. The highest BCUT2D eigenvalue weighted by atomic mass is 79.9. The number of amides is 1. The molecule has 0 fully saturated rings. The maximum atomic E-state index is 11.9. The maximum Gasteiger partial charge on any atom is 0.282 e. The molecule has 0 atom stereocenters. The van der Waals surface area contributed by atoms with Crippen molar-refractivity contribution >= 4 is 43.5 Å². The highest BCUT2D eigenvalue weighted by Crippen LogP contribution is 2.17. The predicted octanol–water partition coefficient (Wildman–Crippen LogP) is 2.42. The Balaban J connectivity index is 2.08. The van der Waals surface area contributed by atoms with Gasteiger partial charge in [-0.2, -0.15) is 5.10 Å². The lowest BCUT2D eigenvalue weighted by Gasteiger charge is -2.08. The van der Waals surface area contributed by atoms with E-state index >= 15 is 0 Å². The summed E-state index contributed by atoms with van der Waals surface area (Å²) < 4.78 is 6.98. The number of benzene rings is 1. The first-order valence-electron chi connectivity index (χ1n) is 5.86. The largest absolute Gasteiger partial charge is 0.497 e. The Kier molecular flexibility index (Phi) is 5.13. The molecule has 110 valence electrons. The minimum Gasteiger partial charge on any atom is -0.497 e. The number of nitrogens with zero attached hydrogens (tertiary/aromatic N) is 2. The molecule has 0 saturated heterocycles. The summed E-state index contributed by atoms with van der Waals surface area (Å²) in [6, 6.07) is 6.89. The summed E-state index contributed by atoms with van der Waals surface area (Å²) in [6.45, 7) is -0.170. The number of carbonyl (C=O) groups excluding carboxylic acids is 1. The molecule has 0 aliphatic carbocycles. The van der Waals surface area contributed by atoms with Gasteiger partial charge in [-0.15, -0.1) is 0 Å². The van der Waals surface area contributed by atoms with E-state index < -0.39 is 0 Å². The summed E-state index contributed by atoms with van der Waals surface area (Å²) in [6.07, 6.45) is 1.45. The van der Waals surface area contributed by atoms with Crippen molar-refractivity contribution in [1.29, 1.82) is 0 Å². The molecular formula is C13H11Br2N3O3. The quantitative estimate of drug-likeness (QED) is 0.830. The number of carbonyl (C=O) groups is 1. The molecule has 0 unspecified atom stereocenters. The lowest BCUT2D eigenvalue weighted by atomic mass is 10.3. The van der Waals surface area contributed by atoms with Gasteiger partial charge in [0.2, 0.25) is 5.91 Å². The van der Waals surface area contributed by atoms with Gasteiger partial charge >= 0.3 is 0 Å². The molecule has 2 aromatic rings. The Bertz CT molecular complexity index is 714. The number of anilines is 1. The van der Waals surface area contributed by atoms with Gasteiger partial charge in [-0.1, -0.05) is 0 Å². The summed E-state index contributed by atoms with van der Waals surface area (Å²) in [4.78, 5) is 23.8. The van der Waals surface area contributed by atoms with Crippen molar-refractivity contribution < 1.29 is 9.53 Å². The van der Waals surface area contributed by atoms with Crippen LogP contribution in [-0.2, 0) is 11.3 Å². The van der Waals surface area contributed by atoms with Crippen LogP contribution in [0.3, 0.4) is 0 Å². The van der Waals surface area contributed by atoms with E-state index in [1.54, 1.807) is 31.4 Å². The normalized spacial score (nSPS) is 10.2. The van der Waals surface area contributed by atoms with Crippen molar-refractivity contribution in [3.05, 3.63) is 49.8 Å². The zero-order valence-electron chi connectivity index (χ0n) is 11.0. The number of nitrogens with one attached hydrogen (secondary N) is 1. The molecule has 6 nitrogen and oxygen atoms in total. The maximum absolute atomic E-state index is 11.9. The topological polar surface area (TPSA) is 73.2 Å². The van der Waals surface area contributed by atoms with E-state index in [0.29, 0.717) is 20.4 Å². The van der Waals surface area contributed by atoms with Gasteiger partial charge in [0.05, 0.1) is 17.8 Å². The molecule has 0 radical (unpaired) electrons. The van der Waals surface area contributed by atoms with E-state index in [1.165, 1.54) is 6.20 Å². The minimum atomic E-state index is -0.380. The number of aromatic nitrogens is 2. The van der Waals surface area contributed by atoms with Gasteiger partial charge in [0.1, 0.15) is 16.8 Å². The van der Waals surface area contributed by atoms with Crippen LogP contribution in [0.25, 0.3) is 0 Å². The average molecular weight is 417 g/mol. The molecule has 21 heavy (non-hydrogen) atoms. The van der Waals surface area contributed by atoms with Crippen LogP contribution in [0, 0.1) is 0 Å². The van der Waals surface area contributed by atoms with Crippen LogP contribution in [-0.4, -0.2) is 22.8 Å². The highest BCUT2D eigenvalue weighted by Gasteiger charge is 2.10. The Hall–Kier alpha value is -1.67. The van der Waals surface area contributed by atoms with Gasteiger partial charge in [-0.25, -0.2) is 4.68 Å². The van der Waals surface area contributed by atoms with Crippen molar-refractivity contribution in [2.75, 3.05) is 12.4 Å². The average Bonchev–Trinajstić information content (AvgIpc) is 2.49. The number of ether oxygens (including phenoxy) is 1. The first-order valence-corrected chi connectivity index (χ1v) is 7.45. The Morgan fingerprint density at radius 3 is 2.62 bits per heavy atom. The van der Waals surface area contributed by atoms with E-state index in [-0.39, 0.29) is 18.0 Å². The number of hydrogen-bond acceptors (Lipinski definition) is 4. The summed E-state index contributed by atoms with van der Waals surface area (Å²) in [5.74, 6) is 0.353. The standard InChI is InChI=1S/C13H11Br2N3O3/c1-21-9-4-2-8(3-5-9)17-11(19)7-18-13(20)12(15)10(14)6-16-18/h2-6H,7H2,1H3,(H,17,19). The molecule has 8 heteroatoms. The number of halogens is 2. The fourth-order valence-electron chi connectivity index (χ4n) is 1.57. The third-order valence-electron chi connectivity index (χ3n) is 2.61. The van der Waals surface area contributed by atoms with E-state index in [2.05, 4.69) is 42.3 Å². The van der Waals surface area contributed by atoms with E-state index in [1.807, 2.05) is 0 Å².